The van der Waals surface area contributed by atoms with Crippen LogP contribution >= 0.6 is 0 Å². The second-order valence-electron chi connectivity index (χ2n) is 4.87. The van der Waals surface area contributed by atoms with E-state index in [9.17, 15) is 9.59 Å². The molecule has 0 saturated heterocycles. The van der Waals surface area contributed by atoms with Gasteiger partial charge in [0.25, 0.3) is 5.56 Å². The van der Waals surface area contributed by atoms with E-state index in [1.165, 1.54) is 0 Å². The monoisotopic (exact) mass is 297 g/mol. The molecule has 1 aromatic carbocycles. The van der Waals surface area contributed by atoms with E-state index in [1.807, 2.05) is 6.07 Å². The molecule has 2 aromatic heterocycles. The number of carbonyl (C=O) groups is 1. The molecule has 0 aliphatic heterocycles. The number of fused-ring (bicyclic) bond motifs is 1. The van der Waals surface area contributed by atoms with Gasteiger partial charge in [-0.1, -0.05) is 12.1 Å². The van der Waals surface area contributed by atoms with Crippen molar-refractivity contribution in [1.82, 2.24) is 19.9 Å². The fourth-order valence-electron chi connectivity index (χ4n) is 2.20. The maximum atomic E-state index is 11.9. The molecular formula is C15H15N5O2. The summed E-state index contributed by atoms with van der Waals surface area (Å²) < 4.78 is 0. The Balaban J connectivity index is 1.60. The smallest absolute Gasteiger partial charge is 0.258 e. The quantitative estimate of drug-likeness (QED) is 0.665. The zero-order valence-corrected chi connectivity index (χ0v) is 11.8. The minimum atomic E-state index is -0.152. The Morgan fingerprint density at radius 2 is 2.14 bits per heavy atom. The summed E-state index contributed by atoms with van der Waals surface area (Å²) in [6.45, 7) is 0. The number of anilines is 1. The molecule has 22 heavy (non-hydrogen) atoms. The number of para-hydroxylation sites is 1. The Morgan fingerprint density at radius 3 is 2.95 bits per heavy atom. The SMILES string of the molecule is O=C(CCCc1nc2ccccc2c(=O)[nH]1)Nc1ncc[nH]1. The number of benzene rings is 1. The summed E-state index contributed by atoms with van der Waals surface area (Å²) in [6, 6.07) is 7.19. The molecule has 0 spiro atoms. The Kier molecular flexibility index (Phi) is 3.95. The Morgan fingerprint density at radius 1 is 1.27 bits per heavy atom. The van der Waals surface area contributed by atoms with E-state index in [1.54, 1.807) is 30.6 Å². The van der Waals surface area contributed by atoms with E-state index in [-0.39, 0.29) is 11.5 Å². The van der Waals surface area contributed by atoms with Gasteiger partial charge in [-0.15, -0.1) is 0 Å². The van der Waals surface area contributed by atoms with Crippen molar-refractivity contribution in [1.29, 1.82) is 0 Å². The molecule has 0 saturated carbocycles. The first kappa shape index (κ1) is 14.0. The zero-order chi connectivity index (χ0) is 15.4. The van der Waals surface area contributed by atoms with Crippen LogP contribution in [0.2, 0.25) is 0 Å². The van der Waals surface area contributed by atoms with Crippen molar-refractivity contribution < 1.29 is 4.79 Å². The van der Waals surface area contributed by atoms with Gasteiger partial charge in [0.1, 0.15) is 5.82 Å². The highest BCUT2D eigenvalue weighted by molar-refractivity contribution is 5.88. The summed E-state index contributed by atoms with van der Waals surface area (Å²) in [5.41, 5.74) is 0.516. The molecule has 0 atom stereocenters. The maximum Gasteiger partial charge on any atom is 0.258 e. The van der Waals surface area contributed by atoms with Gasteiger partial charge in [0.2, 0.25) is 11.9 Å². The van der Waals surface area contributed by atoms with Gasteiger partial charge in [0, 0.05) is 25.2 Å². The van der Waals surface area contributed by atoms with Crippen LogP contribution in [0.3, 0.4) is 0 Å². The van der Waals surface area contributed by atoms with E-state index in [0.29, 0.717) is 41.9 Å². The van der Waals surface area contributed by atoms with E-state index < -0.39 is 0 Å². The highest BCUT2D eigenvalue weighted by Crippen LogP contribution is 2.07. The van der Waals surface area contributed by atoms with Crippen molar-refractivity contribution in [2.75, 3.05) is 5.32 Å². The predicted octanol–water partition coefficient (Wildman–Crippen LogP) is 1.61. The van der Waals surface area contributed by atoms with E-state index in [0.717, 1.165) is 0 Å². The summed E-state index contributed by atoms with van der Waals surface area (Å²) in [5, 5.41) is 3.22. The number of hydrogen-bond donors (Lipinski definition) is 3. The zero-order valence-electron chi connectivity index (χ0n) is 11.8. The molecule has 3 rings (SSSR count). The van der Waals surface area contributed by atoms with Crippen molar-refractivity contribution in [3.05, 3.63) is 52.8 Å². The van der Waals surface area contributed by atoms with Crippen molar-refractivity contribution in [3.8, 4) is 0 Å². The third kappa shape index (κ3) is 3.20. The number of imidazole rings is 1. The minimum absolute atomic E-state index is 0.127. The number of hydrogen-bond acceptors (Lipinski definition) is 4. The first-order valence-corrected chi connectivity index (χ1v) is 6.99. The van der Waals surface area contributed by atoms with Crippen LogP contribution in [-0.4, -0.2) is 25.8 Å². The van der Waals surface area contributed by atoms with Gasteiger partial charge in [-0.2, -0.15) is 0 Å². The van der Waals surface area contributed by atoms with E-state index >= 15 is 0 Å². The average molecular weight is 297 g/mol. The van der Waals surface area contributed by atoms with Gasteiger partial charge in [-0.05, 0) is 18.6 Å². The molecule has 2 heterocycles. The van der Waals surface area contributed by atoms with E-state index in [2.05, 4.69) is 25.3 Å². The molecule has 3 N–H and O–H groups in total. The summed E-state index contributed by atoms with van der Waals surface area (Å²) in [5.74, 6) is 0.898. The van der Waals surface area contributed by atoms with Crippen LogP contribution in [0, 0.1) is 0 Å². The van der Waals surface area contributed by atoms with Gasteiger partial charge >= 0.3 is 0 Å². The first-order valence-electron chi connectivity index (χ1n) is 6.99. The summed E-state index contributed by atoms with van der Waals surface area (Å²) in [7, 11) is 0. The van der Waals surface area contributed by atoms with Crippen LogP contribution in [0.25, 0.3) is 10.9 Å². The second-order valence-corrected chi connectivity index (χ2v) is 4.87. The molecule has 0 fully saturated rings. The molecule has 7 nitrogen and oxygen atoms in total. The Hall–Kier alpha value is -2.96. The highest BCUT2D eigenvalue weighted by Gasteiger charge is 2.06. The number of H-pyrrole nitrogens is 2. The number of aryl methyl sites for hydroxylation is 1. The molecule has 112 valence electrons. The molecule has 3 aromatic rings. The van der Waals surface area contributed by atoms with Gasteiger partial charge < -0.3 is 9.97 Å². The molecule has 0 bridgehead atoms. The van der Waals surface area contributed by atoms with Crippen LogP contribution in [0.1, 0.15) is 18.7 Å². The summed E-state index contributed by atoms with van der Waals surface area (Å²) in [6.07, 6.45) is 4.66. The highest BCUT2D eigenvalue weighted by atomic mass is 16.1. The number of aromatic amines is 2. The predicted molar refractivity (Wildman–Crippen MR) is 82.5 cm³/mol. The molecule has 0 unspecified atom stereocenters. The van der Waals surface area contributed by atoms with Crippen LogP contribution in [-0.2, 0) is 11.2 Å². The largest absolute Gasteiger partial charge is 0.331 e. The van der Waals surface area contributed by atoms with Gasteiger partial charge in [-0.3, -0.25) is 14.9 Å². The van der Waals surface area contributed by atoms with Crippen LogP contribution in [0.15, 0.2) is 41.5 Å². The van der Waals surface area contributed by atoms with Crippen molar-refractivity contribution in [3.63, 3.8) is 0 Å². The molecule has 7 heteroatoms. The van der Waals surface area contributed by atoms with Crippen LogP contribution in [0.4, 0.5) is 5.95 Å². The number of nitrogens with one attached hydrogen (secondary N) is 3. The number of amides is 1. The maximum absolute atomic E-state index is 11.9. The summed E-state index contributed by atoms with van der Waals surface area (Å²) in [4.78, 5) is 37.5. The average Bonchev–Trinajstić information content (AvgIpc) is 3.00. The molecule has 0 radical (unpaired) electrons. The fourth-order valence-corrected chi connectivity index (χ4v) is 2.20. The molecule has 0 aliphatic rings. The van der Waals surface area contributed by atoms with Gasteiger partial charge in [-0.25, -0.2) is 9.97 Å². The van der Waals surface area contributed by atoms with Crippen molar-refractivity contribution >= 4 is 22.8 Å². The number of aromatic nitrogens is 4. The lowest BCUT2D eigenvalue weighted by Gasteiger charge is -2.03. The Bertz CT molecular complexity index is 839. The fraction of sp³-hybridized carbons (Fsp3) is 0.200. The first-order chi connectivity index (χ1) is 10.7. The molecular weight excluding hydrogens is 282 g/mol. The number of carbonyl (C=O) groups excluding carboxylic acids is 1. The van der Waals surface area contributed by atoms with Crippen LogP contribution < -0.4 is 10.9 Å². The second kappa shape index (κ2) is 6.21. The standard InChI is InChI=1S/C15H15N5O2/c21-13(20-15-16-8-9-17-15)7-3-6-12-18-11-5-2-1-4-10(11)14(22)19-12/h1-2,4-5,8-9H,3,6-7H2,(H,18,19,22)(H2,16,17,20,21). The van der Waals surface area contributed by atoms with Crippen LogP contribution in [0.5, 0.6) is 0 Å². The lowest BCUT2D eigenvalue weighted by molar-refractivity contribution is -0.116. The van der Waals surface area contributed by atoms with E-state index in [4.69, 9.17) is 0 Å². The van der Waals surface area contributed by atoms with Crippen molar-refractivity contribution in [2.45, 2.75) is 19.3 Å². The van der Waals surface area contributed by atoms with Gasteiger partial charge in [0.05, 0.1) is 10.9 Å². The third-order valence-electron chi connectivity index (χ3n) is 3.24. The third-order valence-corrected chi connectivity index (χ3v) is 3.24. The van der Waals surface area contributed by atoms with Crippen molar-refractivity contribution in [2.24, 2.45) is 0 Å². The molecule has 0 aliphatic carbocycles. The van der Waals surface area contributed by atoms with Gasteiger partial charge in [0.15, 0.2) is 0 Å². The number of rotatable bonds is 5. The molecule has 1 amide bonds. The topological polar surface area (TPSA) is 104 Å². The summed E-state index contributed by atoms with van der Waals surface area (Å²) >= 11 is 0. The number of nitrogens with zero attached hydrogens (tertiary/aromatic N) is 2. The Labute approximate surface area is 125 Å². The lowest BCUT2D eigenvalue weighted by Crippen LogP contribution is -2.14. The lowest BCUT2D eigenvalue weighted by atomic mass is 10.2. The minimum Gasteiger partial charge on any atom is -0.331 e. The normalized spacial score (nSPS) is 10.7.